The Morgan fingerprint density at radius 3 is 2.45 bits per heavy atom. The molecule has 0 saturated carbocycles. The summed E-state index contributed by atoms with van der Waals surface area (Å²) in [7, 11) is 0. The van der Waals surface area contributed by atoms with Gasteiger partial charge in [0.1, 0.15) is 0 Å². The highest BCUT2D eigenvalue weighted by Gasteiger charge is 2.05. The number of carbonyl (C=O) groups is 1. The Kier molecular flexibility index (Phi) is 5.58. The van der Waals surface area contributed by atoms with Crippen LogP contribution < -0.4 is 10.2 Å². The van der Waals surface area contributed by atoms with Crippen LogP contribution in [0.2, 0.25) is 0 Å². The number of aromatic nitrogens is 2. The minimum absolute atomic E-state index is 0.00347. The molecule has 2 rings (SSSR count). The zero-order valence-electron chi connectivity index (χ0n) is 13.5. The van der Waals surface area contributed by atoms with Gasteiger partial charge in [-0.15, -0.1) is 0 Å². The molecule has 1 heterocycles. The molecule has 0 saturated heterocycles. The van der Waals surface area contributed by atoms with Crippen molar-refractivity contribution >= 4 is 17.3 Å². The minimum atomic E-state index is 0.00347. The van der Waals surface area contributed by atoms with Crippen LogP contribution >= 0.6 is 0 Å². The summed E-state index contributed by atoms with van der Waals surface area (Å²) in [5.41, 5.74) is 3.11. The molecule has 22 heavy (non-hydrogen) atoms. The molecule has 0 aliphatic heterocycles. The molecule has 0 spiro atoms. The highest BCUT2D eigenvalue weighted by Crippen LogP contribution is 2.17. The molecule has 2 aromatic rings. The highest BCUT2D eigenvalue weighted by molar-refractivity contribution is 5.90. The fourth-order valence-electron chi connectivity index (χ4n) is 2.37. The van der Waals surface area contributed by atoms with Crippen LogP contribution in [0, 0.1) is 6.92 Å². The van der Waals surface area contributed by atoms with Gasteiger partial charge in [0.05, 0.1) is 6.20 Å². The van der Waals surface area contributed by atoms with E-state index in [1.54, 1.807) is 10.9 Å². The van der Waals surface area contributed by atoms with Crippen molar-refractivity contribution < 1.29 is 4.79 Å². The summed E-state index contributed by atoms with van der Waals surface area (Å²) in [6.07, 6.45) is 4.15. The lowest BCUT2D eigenvalue weighted by atomic mass is 10.2. The minimum Gasteiger partial charge on any atom is -0.372 e. The van der Waals surface area contributed by atoms with Gasteiger partial charge in [0.2, 0.25) is 5.91 Å². The van der Waals surface area contributed by atoms with Gasteiger partial charge >= 0.3 is 0 Å². The first-order valence-corrected chi connectivity index (χ1v) is 7.76. The van der Waals surface area contributed by atoms with E-state index in [1.807, 2.05) is 37.4 Å². The molecule has 1 N–H and O–H groups in total. The number of amides is 1. The van der Waals surface area contributed by atoms with Crippen molar-refractivity contribution in [3.63, 3.8) is 0 Å². The number of anilines is 2. The van der Waals surface area contributed by atoms with Gasteiger partial charge in [0, 0.05) is 43.6 Å². The number of aryl methyl sites for hydroxylation is 2. The monoisotopic (exact) mass is 300 g/mol. The van der Waals surface area contributed by atoms with Crippen molar-refractivity contribution in [3.8, 4) is 0 Å². The Morgan fingerprint density at radius 2 is 1.91 bits per heavy atom. The number of rotatable bonds is 7. The van der Waals surface area contributed by atoms with Crippen molar-refractivity contribution in [2.24, 2.45) is 0 Å². The number of benzene rings is 1. The zero-order chi connectivity index (χ0) is 15.9. The number of nitrogens with zero attached hydrogens (tertiary/aromatic N) is 3. The third kappa shape index (κ3) is 4.35. The molecular weight excluding hydrogens is 276 g/mol. The number of nitrogens with one attached hydrogen (secondary N) is 1. The summed E-state index contributed by atoms with van der Waals surface area (Å²) in [5.74, 6) is 0.00347. The maximum Gasteiger partial charge on any atom is 0.226 e. The first kappa shape index (κ1) is 16.1. The van der Waals surface area contributed by atoms with Crippen molar-refractivity contribution in [3.05, 3.63) is 42.2 Å². The van der Waals surface area contributed by atoms with Gasteiger partial charge < -0.3 is 10.2 Å². The molecule has 118 valence electrons. The van der Waals surface area contributed by atoms with E-state index in [1.165, 1.54) is 5.69 Å². The van der Waals surface area contributed by atoms with Gasteiger partial charge in [-0.2, -0.15) is 5.10 Å². The smallest absolute Gasteiger partial charge is 0.226 e. The number of hydrogen-bond donors (Lipinski definition) is 1. The van der Waals surface area contributed by atoms with E-state index < -0.39 is 0 Å². The number of carbonyl (C=O) groups excluding carboxylic acids is 1. The summed E-state index contributed by atoms with van der Waals surface area (Å²) in [6.45, 7) is 8.81. The van der Waals surface area contributed by atoms with Crippen LogP contribution in [0.5, 0.6) is 0 Å². The second-order valence-electron chi connectivity index (χ2n) is 5.30. The van der Waals surface area contributed by atoms with Crippen molar-refractivity contribution in [1.29, 1.82) is 0 Å². The molecule has 1 aromatic carbocycles. The first-order chi connectivity index (χ1) is 10.6. The molecule has 0 unspecified atom stereocenters. The topological polar surface area (TPSA) is 50.2 Å². The van der Waals surface area contributed by atoms with Crippen molar-refractivity contribution in [2.45, 2.75) is 33.7 Å². The van der Waals surface area contributed by atoms with Crippen LogP contribution in [-0.2, 0) is 11.3 Å². The van der Waals surface area contributed by atoms with Crippen LogP contribution in [0.15, 0.2) is 36.7 Å². The standard InChI is InChI=1S/C17H24N4O/c1-4-20(5-2)16-8-6-15(7-9-16)19-17(22)10-11-21-13-14(3)12-18-21/h6-9,12-13H,4-5,10-11H2,1-3H3,(H,19,22). The van der Waals surface area contributed by atoms with Crippen molar-refractivity contribution in [1.82, 2.24) is 9.78 Å². The highest BCUT2D eigenvalue weighted by atomic mass is 16.1. The summed E-state index contributed by atoms with van der Waals surface area (Å²) in [6, 6.07) is 7.98. The zero-order valence-corrected chi connectivity index (χ0v) is 13.5. The third-order valence-corrected chi connectivity index (χ3v) is 3.61. The molecule has 0 fully saturated rings. The molecule has 0 bridgehead atoms. The summed E-state index contributed by atoms with van der Waals surface area (Å²) >= 11 is 0. The Morgan fingerprint density at radius 1 is 1.23 bits per heavy atom. The van der Waals surface area contributed by atoms with E-state index in [9.17, 15) is 4.79 Å². The quantitative estimate of drug-likeness (QED) is 0.855. The van der Waals surface area contributed by atoms with E-state index in [0.29, 0.717) is 13.0 Å². The molecule has 0 aliphatic rings. The first-order valence-electron chi connectivity index (χ1n) is 7.76. The van der Waals surface area contributed by atoms with Crippen LogP contribution in [0.25, 0.3) is 0 Å². The molecular formula is C17H24N4O. The Bertz CT molecular complexity index is 599. The third-order valence-electron chi connectivity index (χ3n) is 3.61. The van der Waals surface area contributed by atoms with Crippen molar-refractivity contribution in [2.75, 3.05) is 23.3 Å². The lowest BCUT2D eigenvalue weighted by molar-refractivity contribution is -0.116. The predicted octanol–water partition coefficient (Wildman–Crippen LogP) is 3.07. The lowest BCUT2D eigenvalue weighted by Crippen LogP contribution is -2.21. The maximum atomic E-state index is 12.0. The fraction of sp³-hybridized carbons (Fsp3) is 0.412. The van der Waals surface area contributed by atoms with E-state index in [-0.39, 0.29) is 5.91 Å². The van der Waals surface area contributed by atoms with E-state index >= 15 is 0 Å². The van der Waals surface area contributed by atoms with Gasteiger partial charge in [0.15, 0.2) is 0 Å². The van der Waals surface area contributed by atoms with Crippen LogP contribution in [-0.4, -0.2) is 28.8 Å². The molecule has 0 atom stereocenters. The average molecular weight is 300 g/mol. The van der Waals surface area contributed by atoms with Gasteiger partial charge in [-0.3, -0.25) is 9.48 Å². The SMILES string of the molecule is CCN(CC)c1ccc(NC(=O)CCn2cc(C)cn2)cc1. The molecule has 0 aliphatic carbocycles. The maximum absolute atomic E-state index is 12.0. The van der Waals surface area contributed by atoms with Gasteiger partial charge in [-0.25, -0.2) is 0 Å². The summed E-state index contributed by atoms with van der Waals surface area (Å²) in [4.78, 5) is 14.2. The summed E-state index contributed by atoms with van der Waals surface area (Å²) < 4.78 is 1.79. The molecule has 1 aromatic heterocycles. The Balaban J connectivity index is 1.86. The normalized spacial score (nSPS) is 10.5. The van der Waals surface area contributed by atoms with E-state index in [2.05, 4.69) is 29.2 Å². The molecule has 5 heteroatoms. The van der Waals surface area contributed by atoms with E-state index in [0.717, 1.165) is 24.3 Å². The Labute approximate surface area is 131 Å². The molecule has 0 radical (unpaired) electrons. The van der Waals surface area contributed by atoms with Gasteiger partial charge in [-0.1, -0.05) is 0 Å². The van der Waals surface area contributed by atoms with Crippen LogP contribution in [0.3, 0.4) is 0 Å². The molecule has 5 nitrogen and oxygen atoms in total. The van der Waals surface area contributed by atoms with Gasteiger partial charge in [0.25, 0.3) is 0 Å². The second kappa shape index (κ2) is 7.64. The number of hydrogen-bond acceptors (Lipinski definition) is 3. The fourth-order valence-corrected chi connectivity index (χ4v) is 2.37. The predicted molar refractivity (Wildman–Crippen MR) is 90.2 cm³/mol. The van der Waals surface area contributed by atoms with Crippen LogP contribution in [0.1, 0.15) is 25.8 Å². The average Bonchev–Trinajstić information content (AvgIpc) is 2.94. The van der Waals surface area contributed by atoms with E-state index in [4.69, 9.17) is 0 Å². The Hall–Kier alpha value is -2.30. The largest absolute Gasteiger partial charge is 0.372 e. The summed E-state index contributed by atoms with van der Waals surface area (Å²) in [5, 5.41) is 7.10. The van der Waals surface area contributed by atoms with Crippen LogP contribution in [0.4, 0.5) is 11.4 Å². The van der Waals surface area contributed by atoms with Gasteiger partial charge in [-0.05, 0) is 50.6 Å². The lowest BCUT2D eigenvalue weighted by Gasteiger charge is -2.21. The molecule has 1 amide bonds. The second-order valence-corrected chi connectivity index (χ2v) is 5.30.